The molecule has 0 bridgehead atoms. The molecule has 1 saturated heterocycles. The molecule has 1 fully saturated rings. The first-order valence-corrected chi connectivity index (χ1v) is 13.4. The summed E-state index contributed by atoms with van der Waals surface area (Å²) in [6.45, 7) is 7.13. The fraction of sp³-hybridized carbons (Fsp3) is 0.320. The Morgan fingerprint density at radius 3 is 2.29 bits per heavy atom. The number of hydrogen-bond donors (Lipinski definition) is 1. The lowest BCUT2D eigenvalue weighted by molar-refractivity contribution is -0.0943. The molecule has 1 aliphatic rings. The standard InChI is InChI=1S/C25H28FN5O3Si/c1-25(2,3)35(17-10-6-4-7-11-17,18-12-8-5-9-13-18)33-15-20-32-14-19(34-20)31-16-28-21-22(27)29-24(26)30-23(21)31/h4-13,16,19-20H,14-15H2,1-3H3,(H2,27,29,30). The first kappa shape index (κ1) is 23.6. The lowest BCUT2D eigenvalue weighted by Crippen LogP contribution is -2.67. The fourth-order valence-corrected chi connectivity index (χ4v) is 9.29. The molecule has 0 saturated carbocycles. The van der Waals surface area contributed by atoms with E-state index in [1.54, 1.807) is 4.57 Å². The van der Waals surface area contributed by atoms with Gasteiger partial charge in [-0.1, -0.05) is 81.4 Å². The van der Waals surface area contributed by atoms with Gasteiger partial charge in [-0.05, 0) is 15.4 Å². The van der Waals surface area contributed by atoms with Crippen LogP contribution in [0.5, 0.6) is 0 Å². The molecular weight excluding hydrogens is 465 g/mol. The summed E-state index contributed by atoms with van der Waals surface area (Å²) in [5.74, 6) is -0.0169. The summed E-state index contributed by atoms with van der Waals surface area (Å²) in [7, 11) is -2.73. The van der Waals surface area contributed by atoms with Crippen molar-refractivity contribution in [1.82, 2.24) is 19.5 Å². The highest BCUT2D eigenvalue weighted by Gasteiger charge is 2.50. The van der Waals surface area contributed by atoms with E-state index < -0.39 is 26.9 Å². The first-order valence-electron chi connectivity index (χ1n) is 11.5. The topological polar surface area (TPSA) is 97.3 Å². The number of nitrogens with two attached hydrogens (primary N) is 1. The molecule has 5 rings (SSSR count). The number of imidazole rings is 1. The highest BCUT2D eigenvalue weighted by Crippen LogP contribution is 2.37. The Hall–Kier alpha value is -3.18. The number of benzene rings is 2. The van der Waals surface area contributed by atoms with Crippen molar-refractivity contribution in [2.24, 2.45) is 0 Å². The Morgan fingerprint density at radius 1 is 1.06 bits per heavy atom. The summed E-state index contributed by atoms with van der Waals surface area (Å²) in [5.41, 5.74) is 6.37. The summed E-state index contributed by atoms with van der Waals surface area (Å²) in [6.07, 6.45) is -0.555. The summed E-state index contributed by atoms with van der Waals surface area (Å²) in [6, 6.07) is 20.8. The molecule has 0 amide bonds. The van der Waals surface area contributed by atoms with Crippen molar-refractivity contribution in [2.45, 2.75) is 38.3 Å². The first-order chi connectivity index (χ1) is 16.8. The van der Waals surface area contributed by atoms with Crippen LogP contribution in [0.3, 0.4) is 0 Å². The van der Waals surface area contributed by atoms with Crippen LogP contribution in [0, 0.1) is 6.08 Å². The molecule has 2 N–H and O–H groups in total. The van der Waals surface area contributed by atoms with Gasteiger partial charge < -0.3 is 19.6 Å². The van der Waals surface area contributed by atoms with Gasteiger partial charge in [-0.15, -0.1) is 0 Å². The van der Waals surface area contributed by atoms with Crippen LogP contribution in [-0.2, 0) is 13.9 Å². The average molecular weight is 494 g/mol. The predicted molar refractivity (Wildman–Crippen MR) is 133 cm³/mol. The fourth-order valence-electron chi connectivity index (χ4n) is 4.75. The number of fused-ring (bicyclic) bond motifs is 1. The molecule has 0 spiro atoms. The molecular formula is C25H28FN5O3Si. The molecule has 2 aromatic heterocycles. The zero-order chi connectivity index (χ0) is 24.6. The normalized spacial score (nSPS) is 18.9. The van der Waals surface area contributed by atoms with Gasteiger partial charge in [0.25, 0.3) is 8.32 Å². The number of rotatable bonds is 6. The lowest BCUT2D eigenvalue weighted by Gasteiger charge is -2.43. The molecule has 0 aliphatic carbocycles. The number of ether oxygens (including phenoxy) is 2. The Balaban J connectivity index is 1.42. The number of hydrogen-bond acceptors (Lipinski definition) is 7. The van der Waals surface area contributed by atoms with Crippen LogP contribution in [0.15, 0.2) is 67.0 Å². The van der Waals surface area contributed by atoms with Crippen molar-refractivity contribution in [2.75, 3.05) is 18.9 Å². The molecule has 10 heteroatoms. The van der Waals surface area contributed by atoms with Crippen molar-refractivity contribution in [3.8, 4) is 0 Å². The van der Waals surface area contributed by atoms with Crippen LogP contribution in [0.25, 0.3) is 11.2 Å². The summed E-state index contributed by atoms with van der Waals surface area (Å²) in [5, 5.41) is 2.19. The third-order valence-corrected chi connectivity index (χ3v) is 11.3. The minimum Gasteiger partial charge on any atom is -0.402 e. The van der Waals surface area contributed by atoms with Gasteiger partial charge in [0.15, 0.2) is 29.5 Å². The summed E-state index contributed by atoms with van der Waals surface area (Å²) in [4.78, 5) is 11.6. The summed E-state index contributed by atoms with van der Waals surface area (Å²) < 4.78 is 34.4. The number of anilines is 1. The van der Waals surface area contributed by atoms with E-state index in [0.29, 0.717) is 5.52 Å². The van der Waals surface area contributed by atoms with E-state index in [2.05, 4.69) is 60.0 Å². The highest BCUT2D eigenvalue weighted by molar-refractivity contribution is 6.99. The van der Waals surface area contributed by atoms with Crippen molar-refractivity contribution < 1.29 is 18.3 Å². The maximum absolute atomic E-state index is 13.8. The molecule has 4 aromatic rings. The van der Waals surface area contributed by atoms with Crippen LogP contribution in [-0.4, -0.2) is 47.3 Å². The van der Waals surface area contributed by atoms with Crippen LogP contribution in [0.1, 0.15) is 27.0 Å². The zero-order valence-electron chi connectivity index (χ0n) is 19.9. The smallest absolute Gasteiger partial charge is 0.312 e. The van der Waals surface area contributed by atoms with E-state index in [4.69, 9.17) is 19.6 Å². The van der Waals surface area contributed by atoms with Crippen LogP contribution in [0.2, 0.25) is 5.04 Å². The van der Waals surface area contributed by atoms with Crippen molar-refractivity contribution in [3.63, 3.8) is 0 Å². The van der Waals surface area contributed by atoms with Gasteiger partial charge in [0, 0.05) is 0 Å². The molecule has 0 radical (unpaired) electrons. The highest BCUT2D eigenvalue weighted by atomic mass is 28.4. The zero-order valence-corrected chi connectivity index (χ0v) is 20.9. The Kier molecular flexibility index (Phi) is 6.14. The Bertz CT molecular complexity index is 1270. The molecule has 2 atom stereocenters. The molecule has 2 aromatic carbocycles. The van der Waals surface area contributed by atoms with Crippen molar-refractivity contribution >= 4 is 35.7 Å². The second-order valence-corrected chi connectivity index (χ2v) is 13.8. The third kappa shape index (κ3) is 4.23. The van der Waals surface area contributed by atoms with Crippen molar-refractivity contribution in [3.05, 3.63) is 73.1 Å². The summed E-state index contributed by atoms with van der Waals surface area (Å²) >= 11 is 0. The van der Waals surface area contributed by atoms with Crippen LogP contribution < -0.4 is 16.1 Å². The largest absolute Gasteiger partial charge is 0.402 e. The molecule has 2 unspecified atom stereocenters. The van der Waals surface area contributed by atoms with Crippen LogP contribution in [0.4, 0.5) is 10.2 Å². The van der Waals surface area contributed by atoms with E-state index in [0.717, 1.165) is 0 Å². The SMILES string of the molecule is CC(C)(C)[Si](OCC1OCC(n2cnc3c(N)nc(F)nc32)O1)(c1ccccc1)c1ccccc1. The average Bonchev–Trinajstić information content (AvgIpc) is 3.47. The van der Waals surface area contributed by atoms with Gasteiger partial charge in [-0.3, -0.25) is 4.57 Å². The minimum absolute atomic E-state index is 0.0169. The maximum Gasteiger partial charge on any atom is 0.312 e. The Morgan fingerprint density at radius 2 is 1.69 bits per heavy atom. The lowest BCUT2D eigenvalue weighted by atomic mass is 10.2. The number of aromatic nitrogens is 4. The molecule has 182 valence electrons. The van der Waals surface area contributed by atoms with E-state index in [-0.39, 0.29) is 29.7 Å². The quantitative estimate of drug-likeness (QED) is 0.326. The molecule has 35 heavy (non-hydrogen) atoms. The van der Waals surface area contributed by atoms with Gasteiger partial charge in [-0.25, -0.2) is 4.98 Å². The van der Waals surface area contributed by atoms with Gasteiger partial charge in [0.05, 0.1) is 19.5 Å². The van der Waals surface area contributed by atoms with Gasteiger partial charge >= 0.3 is 6.08 Å². The third-order valence-electron chi connectivity index (χ3n) is 6.32. The molecule has 3 heterocycles. The second-order valence-electron chi connectivity index (χ2n) is 9.53. The van der Waals surface area contributed by atoms with Gasteiger partial charge in [0.1, 0.15) is 0 Å². The van der Waals surface area contributed by atoms with E-state index >= 15 is 0 Å². The van der Waals surface area contributed by atoms with Crippen LogP contribution >= 0.6 is 0 Å². The van der Waals surface area contributed by atoms with Crippen molar-refractivity contribution in [1.29, 1.82) is 0 Å². The van der Waals surface area contributed by atoms with E-state index in [1.807, 2.05) is 36.4 Å². The minimum atomic E-state index is -2.73. The monoisotopic (exact) mass is 493 g/mol. The van der Waals surface area contributed by atoms with Gasteiger partial charge in [0.2, 0.25) is 0 Å². The van der Waals surface area contributed by atoms with Gasteiger partial charge in [-0.2, -0.15) is 14.4 Å². The second kappa shape index (κ2) is 9.12. The number of nitrogen functional groups attached to an aromatic ring is 1. The maximum atomic E-state index is 13.8. The van der Waals surface area contributed by atoms with E-state index in [1.165, 1.54) is 16.7 Å². The van der Waals surface area contributed by atoms with E-state index in [9.17, 15) is 4.39 Å². The number of halogens is 1. The Labute approximate surface area is 204 Å². The predicted octanol–water partition coefficient (Wildman–Crippen LogP) is 3.00. The number of nitrogens with zero attached hydrogens (tertiary/aromatic N) is 4. The molecule has 1 aliphatic heterocycles. The molecule has 8 nitrogen and oxygen atoms in total.